The lowest BCUT2D eigenvalue weighted by atomic mass is 10.2. The van der Waals surface area contributed by atoms with E-state index < -0.39 is 9.84 Å². The Morgan fingerprint density at radius 2 is 1.85 bits per heavy atom. The van der Waals surface area contributed by atoms with E-state index in [0.29, 0.717) is 11.5 Å². The van der Waals surface area contributed by atoms with Crippen LogP contribution in [0.1, 0.15) is 20.3 Å². The van der Waals surface area contributed by atoms with Gasteiger partial charge in [-0.3, -0.25) is 4.90 Å². The van der Waals surface area contributed by atoms with Gasteiger partial charge in [0.15, 0.2) is 9.84 Å². The Bertz CT molecular complexity index is 237. The summed E-state index contributed by atoms with van der Waals surface area (Å²) in [6.45, 7) is 6.07. The molecule has 0 radical (unpaired) electrons. The molecule has 0 N–H and O–H groups in total. The maximum Gasteiger partial charge on any atom is 0.151 e. The number of halogens is 1. The summed E-state index contributed by atoms with van der Waals surface area (Å²) in [6.07, 6.45) is 0.823. The number of hydrogen-bond donors (Lipinski definition) is 0. The third kappa shape index (κ3) is 3.44. The molecule has 0 amide bonds. The maximum absolute atomic E-state index is 11.2. The third-order valence-corrected chi connectivity index (χ3v) is 4.29. The Hall–Kier alpha value is 0.200. The highest BCUT2D eigenvalue weighted by atomic mass is 35.5. The summed E-state index contributed by atoms with van der Waals surface area (Å²) in [5.74, 6) is 0.753. The predicted molar refractivity (Wildman–Crippen MR) is 50.0 cm³/mol. The van der Waals surface area contributed by atoms with Crippen LogP contribution in [0.2, 0.25) is 0 Å². The smallest absolute Gasteiger partial charge is 0.151 e. The SMILES string of the molecule is CCN(CC)C1CCS(=O)(=O)C1.[Cl-]. The number of sulfone groups is 1. The van der Waals surface area contributed by atoms with E-state index in [0.717, 1.165) is 19.5 Å². The van der Waals surface area contributed by atoms with E-state index in [1.54, 1.807) is 0 Å². The highest BCUT2D eigenvalue weighted by molar-refractivity contribution is 7.91. The largest absolute Gasteiger partial charge is 1.00 e. The van der Waals surface area contributed by atoms with Crippen molar-refractivity contribution in [2.24, 2.45) is 0 Å². The molecule has 1 aliphatic heterocycles. The van der Waals surface area contributed by atoms with Crippen LogP contribution in [-0.4, -0.2) is 44.0 Å². The molecule has 0 aliphatic carbocycles. The highest BCUT2D eigenvalue weighted by Gasteiger charge is 2.30. The molecule has 1 saturated heterocycles. The second kappa shape index (κ2) is 5.17. The van der Waals surface area contributed by atoms with E-state index >= 15 is 0 Å². The Morgan fingerprint density at radius 1 is 1.31 bits per heavy atom. The number of nitrogens with zero attached hydrogens (tertiary/aromatic N) is 1. The minimum Gasteiger partial charge on any atom is -1.00 e. The summed E-state index contributed by atoms with van der Waals surface area (Å²) in [4.78, 5) is 2.23. The van der Waals surface area contributed by atoms with Gasteiger partial charge in [0.25, 0.3) is 0 Å². The molecular weight excluding hydrogens is 210 g/mol. The van der Waals surface area contributed by atoms with Crippen LogP contribution < -0.4 is 12.4 Å². The fourth-order valence-electron chi connectivity index (χ4n) is 1.80. The van der Waals surface area contributed by atoms with Gasteiger partial charge in [0.2, 0.25) is 0 Å². The Labute approximate surface area is 86.8 Å². The van der Waals surface area contributed by atoms with E-state index in [4.69, 9.17) is 0 Å². The van der Waals surface area contributed by atoms with Crippen molar-refractivity contribution in [3.63, 3.8) is 0 Å². The van der Waals surface area contributed by atoms with Crippen LogP contribution in [0, 0.1) is 0 Å². The standard InChI is InChI=1S/C8H17NO2S.ClH/c1-3-9(4-2)8-5-6-12(10,11)7-8;/h8H,3-7H2,1-2H3;1H/p-1. The van der Waals surface area contributed by atoms with Gasteiger partial charge in [-0.25, -0.2) is 8.42 Å². The summed E-state index contributed by atoms with van der Waals surface area (Å²) >= 11 is 0. The van der Waals surface area contributed by atoms with Crippen molar-refractivity contribution in [3.8, 4) is 0 Å². The molecule has 1 unspecified atom stereocenters. The maximum atomic E-state index is 11.2. The summed E-state index contributed by atoms with van der Waals surface area (Å²) in [7, 11) is -2.70. The fourth-order valence-corrected chi connectivity index (χ4v) is 3.56. The highest BCUT2D eigenvalue weighted by Crippen LogP contribution is 2.16. The Balaban J connectivity index is 0.00000144. The molecule has 0 bridgehead atoms. The van der Waals surface area contributed by atoms with Gasteiger partial charge in [0.05, 0.1) is 11.5 Å². The summed E-state index contributed by atoms with van der Waals surface area (Å²) in [5, 5.41) is 0. The molecule has 1 rings (SSSR count). The lowest BCUT2D eigenvalue weighted by Gasteiger charge is -2.24. The average molecular weight is 227 g/mol. The van der Waals surface area contributed by atoms with Crippen LogP contribution in [0.5, 0.6) is 0 Å². The van der Waals surface area contributed by atoms with Gasteiger partial charge in [-0.2, -0.15) is 0 Å². The normalized spacial score (nSPS) is 25.9. The third-order valence-electron chi connectivity index (χ3n) is 2.54. The number of hydrogen-bond acceptors (Lipinski definition) is 3. The van der Waals surface area contributed by atoms with Crippen molar-refractivity contribution in [1.82, 2.24) is 4.90 Å². The molecule has 0 aromatic heterocycles. The molecule has 3 nitrogen and oxygen atoms in total. The van der Waals surface area contributed by atoms with Gasteiger partial charge in [-0.1, -0.05) is 13.8 Å². The van der Waals surface area contributed by atoms with E-state index in [9.17, 15) is 8.42 Å². The first-order valence-corrected chi connectivity index (χ1v) is 6.35. The van der Waals surface area contributed by atoms with Crippen LogP contribution >= 0.6 is 0 Å². The molecule has 0 aromatic carbocycles. The minimum atomic E-state index is -2.70. The second-order valence-electron chi connectivity index (χ2n) is 3.28. The topological polar surface area (TPSA) is 37.4 Å². The molecule has 0 saturated carbocycles. The van der Waals surface area contributed by atoms with E-state index in [2.05, 4.69) is 18.7 Å². The molecule has 80 valence electrons. The van der Waals surface area contributed by atoms with E-state index in [1.807, 2.05) is 0 Å². The van der Waals surface area contributed by atoms with Crippen LogP contribution in [0.4, 0.5) is 0 Å². The van der Waals surface area contributed by atoms with E-state index in [-0.39, 0.29) is 18.4 Å². The number of rotatable bonds is 3. The molecule has 1 heterocycles. The van der Waals surface area contributed by atoms with Gasteiger partial charge in [-0.05, 0) is 19.5 Å². The molecule has 5 heteroatoms. The second-order valence-corrected chi connectivity index (χ2v) is 5.51. The zero-order chi connectivity index (χ0) is 9.19. The summed E-state index contributed by atoms with van der Waals surface area (Å²) in [5.41, 5.74) is 0. The first kappa shape index (κ1) is 13.2. The predicted octanol–water partition coefficient (Wildman–Crippen LogP) is -2.48. The van der Waals surface area contributed by atoms with Crippen molar-refractivity contribution in [2.75, 3.05) is 24.6 Å². The van der Waals surface area contributed by atoms with Crippen LogP contribution in [0.3, 0.4) is 0 Å². The van der Waals surface area contributed by atoms with Crippen molar-refractivity contribution in [2.45, 2.75) is 26.3 Å². The zero-order valence-corrected chi connectivity index (χ0v) is 9.74. The lowest BCUT2D eigenvalue weighted by Crippen LogP contribution is -3.00. The Morgan fingerprint density at radius 3 is 2.15 bits per heavy atom. The molecule has 1 aliphatic rings. The molecule has 0 aromatic rings. The minimum absolute atomic E-state index is 0. The van der Waals surface area contributed by atoms with Gasteiger partial charge >= 0.3 is 0 Å². The van der Waals surface area contributed by atoms with Crippen LogP contribution in [0.15, 0.2) is 0 Å². The van der Waals surface area contributed by atoms with Gasteiger partial charge in [0.1, 0.15) is 0 Å². The first-order chi connectivity index (χ1) is 5.59. The summed E-state index contributed by atoms with van der Waals surface area (Å²) < 4.78 is 22.3. The average Bonchev–Trinajstić information content (AvgIpc) is 2.34. The van der Waals surface area contributed by atoms with Crippen molar-refractivity contribution < 1.29 is 20.8 Å². The van der Waals surface area contributed by atoms with Gasteiger partial charge in [0, 0.05) is 6.04 Å². The quantitative estimate of drug-likeness (QED) is 0.535. The van der Waals surface area contributed by atoms with Crippen molar-refractivity contribution >= 4 is 9.84 Å². The molecular formula is C8H17ClNO2S-. The van der Waals surface area contributed by atoms with Crippen LogP contribution in [-0.2, 0) is 9.84 Å². The first-order valence-electron chi connectivity index (χ1n) is 4.53. The lowest BCUT2D eigenvalue weighted by molar-refractivity contribution is -0.00000525. The summed E-state index contributed by atoms with van der Waals surface area (Å²) in [6, 6.07) is 0.282. The fraction of sp³-hybridized carbons (Fsp3) is 1.00. The zero-order valence-electron chi connectivity index (χ0n) is 8.16. The van der Waals surface area contributed by atoms with Gasteiger partial charge < -0.3 is 12.4 Å². The monoisotopic (exact) mass is 226 g/mol. The van der Waals surface area contributed by atoms with E-state index in [1.165, 1.54) is 0 Å². The molecule has 1 atom stereocenters. The molecule has 0 spiro atoms. The van der Waals surface area contributed by atoms with Crippen molar-refractivity contribution in [1.29, 1.82) is 0 Å². The Kier molecular flexibility index (Phi) is 5.25. The van der Waals surface area contributed by atoms with Crippen molar-refractivity contribution in [3.05, 3.63) is 0 Å². The van der Waals surface area contributed by atoms with Crippen LogP contribution in [0.25, 0.3) is 0 Å². The molecule has 1 fully saturated rings. The van der Waals surface area contributed by atoms with Gasteiger partial charge in [-0.15, -0.1) is 0 Å². The molecule has 13 heavy (non-hydrogen) atoms.